The molecule has 4 nitrogen and oxygen atoms in total. The fraction of sp³-hybridized carbons (Fsp3) is 0.800. The molecule has 0 unspecified atom stereocenters. The van der Waals surface area contributed by atoms with Gasteiger partial charge in [-0.25, -0.2) is 4.79 Å². The van der Waals surface area contributed by atoms with E-state index in [0.717, 1.165) is 0 Å². The van der Waals surface area contributed by atoms with E-state index < -0.39 is 0 Å². The van der Waals surface area contributed by atoms with Gasteiger partial charge in [0.1, 0.15) is 0 Å². The van der Waals surface area contributed by atoms with Gasteiger partial charge in [-0.05, 0) is 0 Å². The van der Waals surface area contributed by atoms with Crippen molar-refractivity contribution in [3.63, 3.8) is 0 Å². The van der Waals surface area contributed by atoms with Crippen molar-refractivity contribution in [3.8, 4) is 0 Å². The summed E-state index contributed by atoms with van der Waals surface area (Å²) in [6.45, 7) is 0.819. The molecule has 0 aliphatic carbocycles. The maximum atomic E-state index is 10.5. The summed E-state index contributed by atoms with van der Waals surface area (Å²) in [7, 11) is 1.33. The number of likely N-dealkylation sites (tertiary alicyclic amines) is 1. The van der Waals surface area contributed by atoms with Gasteiger partial charge in [-0.3, -0.25) is 0 Å². The van der Waals surface area contributed by atoms with Crippen molar-refractivity contribution in [2.24, 2.45) is 0 Å². The molecule has 1 N–H and O–H groups in total. The van der Waals surface area contributed by atoms with Gasteiger partial charge >= 0.3 is 6.09 Å². The standard InChI is InChI=1S/C5H9NO3.ClH/c1-9-5(8)6-2-4(7)3-6;/h4,7H,2-3H2,1H3;1H. The molecule has 0 spiro atoms. The van der Waals surface area contributed by atoms with Crippen molar-refractivity contribution in [2.45, 2.75) is 6.10 Å². The summed E-state index contributed by atoms with van der Waals surface area (Å²) >= 11 is 0. The third-order valence-electron chi connectivity index (χ3n) is 1.30. The summed E-state index contributed by atoms with van der Waals surface area (Å²) in [6, 6.07) is 0. The van der Waals surface area contributed by atoms with Crippen molar-refractivity contribution in [2.75, 3.05) is 20.2 Å². The number of rotatable bonds is 0. The Balaban J connectivity index is 0.000000810. The molecule has 1 heterocycles. The summed E-state index contributed by atoms with van der Waals surface area (Å²) in [5, 5.41) is 8.71. The number of ether oxygens (including phenoxy) is 1. The summed E-state index contributed by atoms with van der Waals surface area (Å²) in [5.41, 5.74) is 0. The molecule has 0 atom stereocenters. The van der Waals surface area contributed by atoms with Crippen LogP contribution in [0.1, 0.15) is 0 Å². The predicted molar refractivity (Wildman–Crippen MR) is 37.2 cm³/mol. The Morgan fingerprint density at radius 3 is 2.50 bits per heavy atom. The van der Waals surface area contributed by atoms with Gasteiger partial charge in [-0.2, -0.15) is 0 Å². The molecular formula is C5H10ClNO3. The number of aliphatic hydroxyl groups excluding tert-OH is 1. The molecule has 1 fully saturated rings. The lowest BCUT2D eigenvalue weighted by molar-refractivity contribution is 0.00404. The number of carbonyl (C=O) groups is 1. The molecule has 0 saturated carbocycles. The molecule has 1 aliphatic rings. The number of hydrogen-bond donors (Lipinski definition) is 1. The minimum Gasteiger partial charge on any atom is -0.453 e. The smallest absolute Gasteiger partial charge is 0.409 e. The SMILES string of the molecule is COC(=O)N1CC(O)C1.Cl. The highest BCUT2D eigenvalue weighted by Crippen LogP contribution is 2.07. The zero-order chi connectivity index (χ0) is 6.85. The van der Waals surface area contributed by atoms with Crippen LogP contribution in [0.3, 0.4) is 0 Å². The lowest BCUT2D eigenvalue weighted by atomic mass is 10.2. The van der Waals surface area contributed by atoms with E-state index in [9.17, 15) is 4.79 Å². The highest BCUT2D eigenvalue weighted by Gasteiger charge is 2.28. The van der Waals surface area contributed by atoms with Gasteiger partial charge < -0.3 is 14.7 Å². The van der Waals surface area contributed by atoms with Crippen molar-refractivity contribution >= 4 is 18.5 Å². The van der Waals surface area contributed by atoms with Gasteiger partial charge in [0, 0.05) is 0 Å². The predicted octanol–water partition coefficient (Wildman–Crippen LogP) is -0.149. The van der Waals surface area contributed by atoms with E-state index in [4.69, 9.17) is 5.11 Å². The van der Waals surface area contributed by atoms with Gasteiger partial charge in [-0.1, -0.05) is 0 Å². The van der Waals surface area contributed by atoms with E-state index in [1.54, 1.807) is 0 Å². The van der Waals surface area contributed by atoms with E-state index in [2.05, 4.69) is 4.74 Å². The molecule has 0 aromatic heterocycles. The van der Waals surface area contributed by atoms with E-state index >= 15 is 0 Å². The Morgan fingerprint density at radius 1 is 1.70 bits per heavy atom. The number of hydrogen-bond acceptors (Lipinski definition) is 3. The van der Waals surface area contributed by atoms with Gasteiger partial charge in [0.25, 0.3) is 0 Å². The van der Waals surface area contributed by atoms with Crippen LogP contribution in [0.2, 0.25) is 0 Å². The lowest BCUT2D eigenvalue weighted by Gasteiger charge is -2.34. The number of amides is 1. The van der Waals surface area contributed by atoms with Crippen LogP contribution in [0, 0.1) is 0 Å². The fourth-order valence-corrected chi connectivity index (χ4v) is 0.733. The lowest BCUT2D eigenvalue weighted by Crippen LogP contribution is -2.53. The second-order valence-electron chi connectivity index (χ2n) is 2.03. The Hall–Kier alpha value is -0.480. The van der Waals surface area contributed by atoms with Gasteiger partial charge in [0.05, 0.1) is 26.3 Å². The van der Waals surface area contributed by atoms with E-state index in [0.29, 0.717) is 13.1 Å². The quantitative estimate of drug-likeness (QED) is 0.546. The summed E-state index contributed by atoms with van der Waals surface area (Å²) in [6.07, 6.45) is -0.704. The highest BCUT2D eigenvalue weighted by molar-refractivity contribution is 5.85. The van der Waals surface area contributed by atoms with Crippen molar-refractivity contribution in [1.82, 2.24) is 4.90 Å². The number of aliphatic hydroxyl groups is 1. The van der Waals surface area contributed by atoms with Gasteiger partial charge in [0.2, 0.25) is 0 Å². The molecule has 0 radical (unpaired) electrons. The van der Waals surface area contributed by atoms with Crippen LogP contribution in [0.5, 0.6) is 0 Å². The zero-order valence-electron chi connectivity index (χ0n) is 5.61. The Kier molecular flexibility index (Phi) is 3.46. The first kappa shape index (κ1) is 9.52. The molecule has 1 amide bonds. The maximum Gasteiger partial charge on any atom is 0.409 e. The summed E-state index contributed by atoms with van der Waals surface area (Å²) < 4.78 is 4.38. The second kappa shape index (κ2) is 3.63. The monoisotopic (exact) mass is 167 g/mol. The summed E-state index contributed by atoms with van der Waals surface area (Å²) in [5.74, 6) is 0. The first-order chi connectivity index (χ1) is 4.24. The van der Waals surface area contributed by atoms with E-state index in [1.807, 2.05) is 0 Å². The maximum absolute atomic E-state index is 10.5. The number of halogens is 1. The minimum absolute atomic E-state index is 0. The zero-order valence-corrected chi connectivity index (χ0v) is 6.43. The average Bonchev–Trinajstić information content (AvgIpc) is 1.79. The van der Waals surface area contributed by atoms with Crippen molar-refractivity contribution < 1.29 is 14.6 Å². The topological polar surface area (TPSA) is 49.8 Å². The number of β-amino-alcohol motifs (C(OH)–C–C–N with tert-alkyl or cyclic N) is 1. The van der Waals surface area contributed by atoms with Crippen LogP contribution in [0.15, 0.2) is 0 Å². The molecule has 1 saturated heterocycles. The molecule has 1 aliphatic heterocycles. The molecule has 0 bridgehead atoms. The fourth-order valence-electron chi connectivity index (χ4n) is 0.733. The minimum atomic E-state index is -0.361. The molecule has 10 heavy (non-hydrogen) atoms. The Bertz CT molecular complexity index is 124. The number of carbonyl (C=O) groups excluding carboxylic acids is 1. The van der Waals surface area contributed by atoms with Crippen molar-refractivity contribution in [3.05, 3.63) is 0 Å². The van der Waals surface area contributed by atoms with E-state index in [1.165, 1.54) is 12.0 Å². The van der Waals surface area contributed by atoms with Crippen LogP contribution in [-0.4, -0.2) is 42.4 Å². The Labute approximate surface area is 65.2 Å². The molecule has 0 aromatic carbocycles. The first-order valence-electron chi connectivity index (χ1n) is 2.75. The molecule has 1 rings (SSSR count). The third kappa shape index (κ3) is 1.75. The third-order valence-corrected chi connectivity index (χ3v) is 1.30. The van der Waals surface area contributed by atoms with Crippen LogP contribution in [0.4, 0.5) is 4.79 Å². The van der Waals surface area contributed by atoms with Crippen molar-refractivity contribution in [1.29, 1.82) is 0 Å². The van der Waals surface area contributed by atoms with Crippen LogP contribution in [0.25, 0.3) is 0 Å². The average molecular weight is 168 g/mol. The van der Waals surface area contributed by atoms with Crippen LogP contribution >= 0.6 is 12.4 Å². The number of methoxy groups -OCH3 is 1. The molecule has 60 valence electrons. The van der Waals surface area contributed by atoms with Crippen LogP contribution < -0.4 is 0 Å². The molecular weight excluding hydrogens is 158 g/mol. The molecule has 5 heteroatoms. The van der Waals surface area contributed by atoms with E-state index in [-0.39, 0.29) is 24.6 Å². The molecule has 0 aromatic rings. The highest BCUT2D eigenvalue weighted by atomic mass is 35.5. The Morgan fingerprint density at radius 2 is 2.20 bits per heavy atom. The summed E-state index contributed by atoms with van der Waals surface area (Å²) in [4.78, 5) is 12.0. The van der Waals surface area contributed by atoms with Gasteiger partial charge in [0.15, 0.2) is 0 Å². The second-order valence-corrected chi connectivity index (χ2v) is 2.03. The number of nitrogens with zero attached hydrogens (tertiary/aromatic N) is 1. The van der Waals surface area contributed by atoms with Crippen LogP contribution in [-0.2, 0) is 4.74 Å². The first-order valence-corrected chi connectivity index (χ1v) is 2.75. The largest absolute Gasteiger partial charge is 0.453 e. The van der Waals surface area contributed by atoms with Gasteiger partial charge in [-0.15, -0.1) is 12.4 Å². The normalized spacial score (nSPS) is 17.2.